The number of aromatic nitrogens is 2. The van der Waals surface area contributed by atoms with Crippen LogP contribution < -0.4 is 0 Å². The average Bonchev–Trinajstić information content (AvgIpc) is 2.38. The smallest absolute Gasteiger partial charge is 0.116 e. The second kappa shape index (κ2) is 5.63. The first-order valence-corrected chi connectivity index (χ1v) is 5.96. The average molecular weight is 232 g/mol. The van der Waals surface area contributed by atoms with Gasteiger partial charge in [-0.05, 0) is 11.6 Å². The topological polar surface area (TPSA) is 46.0 Å². The Labute approximate surface area is 98.6 Å². The lowest BCUT2D eigenvalue weighted by Crippen LogP contribution is -2.00. The van der Waals surface area contributed by atoms with Gasteiger partial charge in [-0.2, -0.15) is 0 Å². The molecule has 82 valence electrons. The zero-order valence-corrected chi connectivity index (χ0v) is 9.47. The summed E-state index contributed by atoms with van der Waals surface area (Å²) in [5.74, 6) is 0.598. The van der Waals surface area contributed by atoms with E-state index in [2.05, 4.69) is 9.97 Å². The van der Waals surface area contributed by atoms with E-state index in [0.717, 1.165) is 10.6 Å². The standard InChI is InChI=1S/C12H12N2OS/c15-11(10-4-2-1-3-5-10)8-16-12-6-7-13-9-14-12/h1-7,9,11,15H,8H2. The van der Waals surface area contributed by atoms with Crippen molar-refractivity contribution in [3.05, 3.63) is 54.5 Å². The van der Waals surface area contributed by atoms with Crippen LogP contribution in [0.25, 0.3) is 0 Å². The van der Waals surface area contributed by atoms with E-state index in [0.29, 0.717) is 5.75 Å². The van der Waals surface area contributed by atoms with Gasteiger partial charge in [-0.1, -0.05) is 30.3 Å². The van der Waals surface area contributed by atoms with Crippen LogP contribution in [0.3, 0.4) is 0 Å². The third kappa shape index (κ3) is 3.05. The monoisotopic (exact) mass is 232 g/mol. The van der Waals surface area contributed by atoms with Gasteiger partial charge in [0.2, 0.25) is 0 Å². The summed E-state index contributed by atoms with van der Waals surface area (Å²) in [7, 11) is 0. The molecule has 0 aliphatic heterocycles. The van der Waals surface area contributed by atoms with Gasteiger partial charge >= 0.3 is 0 Å². The van der Waals surface area contributed by atoms with Crippen LogP contribution in [-0.2, 0) is 0 Å². The lowest BCUT2D eigenvalue weighted by Gasteiger charge is -2.09. The minimum atomic E-state index is -0.457. The van der Waals surface area contributed by atoms with Crippen LogP contribution in [0.1, 0.15) is 11.7 Å². The Balaban J connectivity index is 1.92. The lowest BCUT2D eigenvalue weighted by molar-refractivity contribution is 0.204. The van der Waals surface area contributed by atoms with E-state index in [-0.39, 0.29) is 0 Å². The number of nitrogens with zero attached hydrogens (tertiary/aromatic N) is 2. The summed E-state index contributed by atoms with van der Waals surface area (Å²) in [6.07, 6.45) is 2.75. The van der Waals surface area contributed by atoms with Crippen molar-refractivity contribution in [3.63, 3.8) is 0 Å². The first kappa shape index (κ1) is 11.1. The van der Waals surface area contributed by atoms with Gasteiger partial charge in [0.05, 0.1) is 11.1 Å². The molecule has 2 rings (SSSR count). The molecule has 1 N–H and O–H groups in total. The molecule has 3 nitrogen and oxygen atoms in total. The molecule has 4 heteroatoms. The van der Waals surface area contributed by atoms with Crippen LogP contribution in [0.4, 0.5) is 0 Å². The Morgan fingerprint density at radius 2 is 2.00 bits per heavy atom. The molecule has 1 unspecified atom stereocenters. The molecule has 0 saturated carbocycles. The summed E-state index contributed by atoms with van der Waals surface area (Å²) in [6, 6.07) is 11.5. The van der Waals surface area contributed by atoms with Crippen molar-refractivity contribution in [2.45, 2.75) is 11.1 Å². The predicted octanol–water partition coefficient (Wildman–Crippen LogP) is 2.30. The summed E-state index contributed by atoms with van der Waals surface area (Å²) in [5, 5.41) is 10.8. The van der Waals surface area contributed by atoms with E-state index in [1.165, 1.54) is 18.1 Å². The van der Waals surface area contributed by atoms with Crippen molar-refractivity contribution < 1.29 is 5.11 Å². The first-order chi connectivity index (χ1) is 7.86. The van der Waals surface area contributed by atoms with Crippen LogP contribution in [-0.4, -0.2) is 20.8 Å². The van der Waals surface area contributed by atoms with Crippen LogP contribution in [0.2, 0.25) is 0 Å². The van der Waals surface area contributed by atoms with Crippen molar-refractivity contribution >= 4 is 11.8 Å². The minimum Gasteiger partial charge on any atom is -0.388 e. The number of hydrogen-bond donors (Lipinski definition) is 1. The number of thioether (sulfide) groups is 1. The molecule has 0 saturated heterocycles. The van der Waals surface area contributed by atoms with E-state index in [1.54, 1.807) is 6.20 Å². The molecule has 2 aromatic rings. The Morgan fingerprint density at radius 3 is 2.69 bits per heavy atom. The number of benzene rings is 1. The first-order valence-electron chi connectivity index (χ1n) is 4.98. The molecule has 0 amide bonds. The SMILES string of the molecule is OC(CSc1ccncn1)c1ccccc1. The third-order valence-electron chi connectivity index (χ3n) is 2.13. The van der Waals surface area contributed by atoms with E-state index in [1.807, 2.05) is 36.4 Å². The highest BCUT2D eigenvalue weighted by atomic mass is 32.2. The Kier molecular flexibility index (Phi) is 3.91. The van der Waals surface area contributed by atoms with Gasteiger partial charge in [-0.3, -0.25) is 0 Å². The molecule has 0 aliphatic rings. The van der Waals surface area contributed by atoms with E-state index in [9.17, 15) is 5.11 Å². The second-order valence-corrected chi connectivity index (χ2v) is 4.33. The maximum Gasteiger partial charge on any atom is 0.116 e. The molecule has 1 heterocycles. The normalized spacial score (nSPS) is 12.3. The molecule has 1 aromatic carbocycles. The fourth-order valence-corrected chi connectivity index (χ4v) is 2.10. The van der Waals surface area contributed by atoms with Crippen LogP contribution >= 0.6 is 11.8 Å². The number of aliphatic hydroxyl groups excluding tert-OH is 1. The van der Waals surface area contributed by atoms with Crippen LogP contribution in [0, 0.1) is 0 Å². The Hall–Kier alpha value is -1.39. The van der Waals surface area contributed by atoms with Crippen LogP contribution in [0.5, 0.6) is 0 Å². The Morgan fingerprint density at radius 1 is 1.19 bits per heavy atom. The summed E-state index contributed by atoms with van der Waals surface area (Å²) >= 11 is 1.52. The van der Waals surface area contributed by atoms with Gasteiger partial charge in [0.15, 0.2) is 0 Å². The second-order valence-electron chi connectivity index (χ2n) is 3.29. The van der Waals surface area contributed by atoms with Crippen molar-refractivity contribution in [1.29, 1.82) is 0 Å². The molecular formula is C12H12N2OS. The minimum absolute atomic E-state index is 0.457. The maximum atomic E-state index is 9.92. The van der Waals surface area contributed by atoms with Crippen molar-refractivity contribution in [3.8, 4) is 0 Å². The fraction of sp³-hybridized carbons (Fsp3) is 0.167. The highest BCUT2D eigenvalue weighted by Crippen LogP contribution is 2.22. The zero-order chi connectivity index (χ0) is 11.2. The molecule has 16 heavy (non-hydrogen) atoms. The molecular weight excluding hydrogens is 220 g/mol. The maximum absolute atomic E-state index is 9.92. The number of aliphatic hydroxyl groups is 1. The summed E-state index contributed by atoms with van der Waals surface area (Å²) in [5.41, 5.74) is 0.934. The summed E-state index contributed by atoms with van der Waals surface area (Å²) in [6.45, 7) is 0. The highest BCUT2D eigenvalue weighted by molar-refractivity contribution is 7.99. The highest BCUT2D eigenvalue weighted by Gasteiger charge is 2.07. The molecule has 0 aliphatic carbocycles. The van der Waals surface area contributed by atoms with E-state index < -0.39 is 6.10 Å². The number of hydrogen-bond acceptors (Lipinski definition) is 4. The van der Waals surface area contributed by atoms with Gasteiger partial charge in [-0.15, -0.1) is 11.8 Å². The lowest BCUT2D eigenvalue weighted by atomic mass is 10.1. The van der Waals surface area contributed by atoms with Gasteiger partial charge in [-0.25, -0.2) is 9.97 Å². The fourth-order valence-electron chi connectivity index (χ4n) is 1.30. The van der Waals surface area contributed by atoms with Gasteiger partial charge < -0.3 is 5.11 Å². The van der Waals surface area contributed by atoms with Crippen molar-refractivity contribution in [2.75, 3.05) is 5.75 Å². The summed E-state index contributed by atoms with van der Waals surface area (Å²) in [4.78, 5) is 7.93. The Bertz CT molecular complexity index is 422. The van der Waals surface area contributed by atoms with Crippen LogP contribution in [0.15, 0.2) is 53.9 Å². The van der Waals surface area contributed by atoms with Gasteiger partial charge in [0.1, 0.15) is 6.33 Å². The molecule has 0 radical (unpaired) electrons. The molecule has 0 fully saturated rings. The van der Waals surface area contributed by atoms with E-state index in [4.69, 9.17) is 0 Å². The number of rotatable bonds is 4. The third-order valence-corrected chi connectivity index (χ3v) is 3.15. The zero-order valence-electron chi connectivity index (χ0n) is 8.65. The van der Waals surface area contributed by atoms with Crippen molar-refractivity contribution in [1.82, 2.24) is 9.97 Å². The largest absolute Gasteiger partial charge is 0.388 e. The van der Waals surface area contributed by atoms with Gasteiger partial charge in [0, 0.05) is 11.9 Å². The summed E-state index contributed by atoms with van der Waals surface area (Å²) < 4.78 is 0. The quantitative estimate of drug-likeness (QED) is 0.649. The molecule has 1 atom stereocenters. The predicted molar refractivity (Wildman–Crippen MR) is 64.2 cm³/mol. The van der Waals surface area contributed by atoms with Crippen molar-refractivity contribution in [2.24, 2.45) is 0 Å². The van der Waals surface area contributed by atoms with Gasteiger partial charge in [0.25, 0.3) is 0 Å². The molecule has 1 aromatic heterocycles. The van der Waals surface area contributed by atoms with E-state index >= 15 is 0 Å². The molecule has 0 spiro atoms. The molecule has 0 bridgehead atoms.